The highest BCUT2D eigenvalue weighted by molar-refractivity contribution is 14.1. The summed E-state index contributed by atoms with van der Waals surface area (Å²) in [7, 11) is 1.33. The number of carbonyl (C=O) groups is 2. The maximum absolute atomic E-state index is 12.3. The van der Waals surface area contributed by atoms with Crippen molar-refractivity contribution in [3.05, 3.63) is 41.6 Å². The first-order valence-electron chi connectivity index (χ1n) is 6.39. The molecule has 0 aliphatic rings. The van der Waals surface area contributed by atoms with Crippen LogP contribution in [0.3, 0.4) is 0 Å². The van der Waals surface area contributed by atoms with E-state index in [1.165, 1.54) is 7.11 Å². The number of pyridine rings is 1. The molecule has 0 fully saturated rings. The quantitative estimate of drug-likeness (QED) is 0.488. The maximum Gasteiger partial charge on any atom is 0.320 e. The number of hydrogen-bond acceptors (Lipinski definition) is 4. The zero-order valence-electron chi connectivity index (χ0n) is 11.7. The number of nitrogens with one attached hydrogen (secondary N) is 1. The second kappa shape index (κ2) is 6.84. The molecule has 21 heavy (non-hydrogen) atoms. The Morgan fingerprint density at radius 3 is 2.81 bits per heavy atom. The monoisotopic (exact) mass is 398 g/mol. The Labute approximate surface area is 136 Å². The van der Waals surface area contributed by atoms with Crippen molar-refractivity contribution in [1.82, 2.24) is 10.3 Å². The molecular weight excluding hydrogens is 383 g/mol. The number of halogens is 1. The van der Waals surface area contributed by atoms with E-state index in [0.29, 0.717) is 5.56 Å². The third-order valence-electron chi connectivity index (χ3n) is 2.99. The molecule has 110 valence electrons. The van der Waals surface area contributed by atoms with Crippen LogP contribution in [0.1, 0.15) is 16.1 Å². The van der Waals surface area contributed by atoms with E-state index in [-0.39, 0.29) is 18.4 Å². The Morgan fingerprint density at radius 1 is 1.38 bits per heavy atom. The van der Waals surface area contributed by atoms with Gasteiger partial charge < -0.3 is 10.1 Å². The van der Waals surface area contributed by atoms with Crippen molar-refractivity contribution >= 4 is 45.4 Å². The molecule has 1 amide bonds. The van der Waals surface area contributed by atoms with Crippen molar-refractivity contribution in [2.24, 2.45) is 0 Å². The summed E-state index contributed by atoms with van der Waals surface area (Å²) in [5, 5.41) is 3.55. The van der Waals surface area contributed by atoms with Gasteiger partial charge in [-0.2, -0.15) is 0 Å². The van der Waals surface area contributed by atoms with E-state index in [1.807, 2.05) is 53.8 Å². The summed E-state index contributed by atoms with van der Waals surface area (Å²) in [6.45, 7) is 2.07. The Morgan fingerprint density at radius 2 is 2.10 bits per heavy atom. The number of hydrogen-bond donors (Lipinski definition) is 1. The van der Waals surface area contributed by atoms with Crippen LogP contribution in [0, 0.1) is 6.92 Å². The van der Waals surface area contributed by atoms with Crippen LogP contribution in [0.2, 0.25) is 0 Å². The summed E-state index contributed by atoms with van der Waals surface area (Å²) < 4.78 is 4.22. The number of alkyl halides is 1. The third kappa shape index (κ3) is 3.69. The number of aryl methyl sites for hydroxylation is 1. The first kappa shape index (κ1) is 15.7. The molecule has 0 bridgehead atoms. The van der Waals surface area contributed by atoms with Gasteiger partial charge in [0.05, 0.1) is 18.2 Å². The number of rotatable bonds is 4. The number of fused-ring (bicyclic) bond motifs is 1. The van der Waals surface area contributed by atoms with Gasteiger partial charge in [0.25, 0.3) is 5.91 Å². The van der Waals surface area contributed by atoms with Crippen LogP contribution in [0.4, 0.5) is 0 Å². The average molecular weight is 398 g/mol. The molecule has 1 heterocycles. The van der Waals surface area contributed by atoms with Gasteiger partial charge in [-0.15, -0.1) is 0 Å². The maximum atomic E-state index is 12.3. The molecule has 1 N–H and O–H groups in total. The number of methoxy groups -OCH3 is 1. The summed E-state index contributed by atoms with van der Waals surface area (Å²) in [6.07, 6.45) is 0. The summed E-state index contributed by atoms with van der Waals surface area (Å²) in [5.74, 6) is -0.575. The number of aromatic nitrogens is 1. The molecular formula is C15H15IN2O3. The molecule has 6 heteroatoms. The summed E-state index contributed by atoms with van der Waals surface area (Å²) in [4.78, 5) is 28.1. The zero-order chi connectivity index (χ0) is 15.4. The molecule has 2 rings (SSSR count). The number of amides is 1. The molecule has 2 aromatic rings. The highest BCUT2D eigenvalue weighted by Gasteiger charge is 2.17. The molecule has 1 unspecified atom stereocenters. The summed E-state index contributed by atoms with van der Waals surface area (Å²) in [6, 6.07) is 9.23. The average Bonchev–Trinajstić information content (AvgIpc) is 2.50. The molecule has 1 aromatic heterocycles. The van der Waals surface area contributed by atoms with E-state index in [9.17, 15) is 9.59 Å². The standard InChI is InChI=1S/C15H15IN2O3/c1-9-7-11(10-5-3-4-6-13(10)18-9)14(19)17-8-12(16)15(20)21-2/h3-7,12H,8H2,1-2H3,(H,17,19). The summed E-state index contributed by atoms with van der Waals surface area (Å²) >= 11 is 1.94. The van der Waals surface area contributed by atoms with Crippen molar-refractivity contribution in [2.45, 2.75) is 10.8 Å². The topological polar surface area (TPSA) is 68.3 Å². The van der Waals surface area contributed by atoms with Crippen LogP contribution in [0.15, 0.2) is 30.3 Å². The lowest BCUT2D eigenvalue weighted by Crippen LogP contribution is -2.34. The predicted octanol–water partition coefficient (Wildman–Crippen LogP) is 2.25. The van der Waals surface area contributed by atoms with Gasteiger partial charge in [0.1, 0.15) is 3.92 Å². The van der Waals surface area contributed by atoms with E-state index in [1.54, 1.807) is 6.07 Å². The molecule has 0 saturated carbocycles. The molecule has 1 atom stereocenters. The fourth-order valence-corrected chi connectivity index (χ4v) is 2.46. The van der Waals surface area contributed by atoms with Crippen molar-refractivity contribution < 1.29 is 14.3 Å². The van der Waals surface area contributed by atoms with Gasteiger partial charge in [-0.3, -0.25) is 14.6 Å². The number of esters is 1. The van der Waals surface area contributed by atoms with Crippen molar-refractivity contribution in [2.75, 3.05) is 13.7 Å². The number of carbonyl (C=O) groups excluding carboxylic acids is 2. The predicted molar refractivity (Wildman–Crippen MR) is 88.6 cm³/mol. The first-order chi connectivity index (χ1) is 10.0. The minimum absolute atomic E-state index is 0.220. The van der Waals surface area contributed by atoms with Gasteiger partial charge >= 0.3 is 5.97 Å². The van der Waals surface area contributed by atoms with Gasteiger partial charge in [-0.25, -0.2) is 0 Å². The van der Waals surface area contributed by atoms with E-state index in [2.05, 4.69) is 15.0 Å². The minimum atomic E-state index is -0.411. The van der Waals surface area contributed by atoms with Gasteiger partial charge in [-0.05, 0) is 19.1 Å². The number of ether oxygens (including phenoxy) is 1. The van der Waals surface area contributed by atoms with Gasteiger partial charge in [0, 0.05) is 17.6 Å². The fraction of sp³-hybridized carbons (Fsp3) is 0.267. The Kier molecular flexibility index (Phi) is 5.11. The Hall–Kier alpha value is -1.70. The van der Waals surface area contributed by atoms with E-state index >= 15 is 0 Å². The molecule has 1 aromatic carbocycles. The minimum Gasteiger partial charge on any atom is -0.468 e. The van der Waals surface area contributed by atoms with E-state index < -0.39 is 3.92 Å². The van der Waals surface area contributed by atoms with Crippen molar-refractivity contribution in [1.29, 1.82) is 0 Å². The molecule has 0 saturated heterocycles. The highest BCUT2D eigenvalue weighted by Crippen LogP contribution is 2.18. The SMILES string of the molecule is COC(=O)C(I)CNC(=O)c1cc(C)nc2ccccc12. The van der Waals surface area contributed by atoms with Crippen LogP contribution < -0.4 is 5.32 Å². The lowest BCUT2D eigenvalue weighted by Gasteiger charge is -2.11. The second-order valence-corrected chi connectivity index (χ2v) is 6.03. The molecule has 0 spiro atoms. The second-order valence-electron chi connectivity index (χ2n) is 4.53. The molecule has 0 aliphatic heterocycles. The third-order valence-corrected chi connectivity index (χ3v) is 3.94. The number of nitrogens with zero attached hydrogens (tertiary/aromatic N) is 1. The normalized spacial score (nSPS) is 12.0. The molecule has 0 radical (unpaired) electrons. The fourth-order valence-electron chi connectivity index (χ4n) is 1.98. The lowest BCUT2D eigenvalue weighted by molar-refractivity contribution is -0.139. The lowest BCUT2D eigenvalue weighted by atomic mass is 10.1. The molecule has 5 nitrogen and oxygen atoms in total. The van der Waals surface area contributed by atoms with Crippen molar-refractivity contribution in [3.63, 3.8) is 0 Å². The zero-order valence-corrected chi connectivity index (χ0v) is 13.9. The van der Waals surface area contributed by atoms with Crippen LogP contribution in [-0.4, -0.2) is 34.4 Å². The van der Waals surface area contributed by atoms with Crippen LogP contribution in [0.5, 0.6) is 0 Å². The van der Waals surface area contributed by atoms with Crippen LogP contribution in [-0.2, 0) is 9.53 Å². The van der Waals surface area contributed by atoms with Gasteiger partial charge in [0.15, 0.2) is 0 Å². The summed E-state index contributed by atoms with van der Waals surface area (Å²) in [5.41, 5.74) is 2.12. The first-order valence-corrected chi connectivity index (χ1v) is 7.64. The van der Waals surface area contributed by atoms with Gasteiger partial charge in [0.2, 0.25) is 0 Å². The van der Waals surface area contributed by atoms with Crippen LogP contribution in [0.25, 0.3) is 10.9 Å². The number of benzene rings is 1. The largest absolute Gasteiger partial charge is 0.468 e. The van der Waals surface area contributed by atoms with Crippen molar-refractivity contribution in [3.8, 4) is 0 Å². The molecule has 0 aliphatic carbocycles. The van der Waals surface area contributed by atoms with E-state index in [4.69, 9.17) is 0 Å². The Balaban J connectivity index is 2.22. The van der Waals surface area contributed by atoms with Gasteiger partial charge in [-0.1, -0.05) is 40.8 Å². The van der Waals surface area contributed by atoms with Crippen LogP contribution >= 0.6 is 22.6 Å². The smallest absolute Gasteiger partial charge is 0.320 e. The van der Waals surface area contributed by atoms with E-state index in [0.717, 1.165) is 16.6 Å². The highest BCUT2D eigenvalue weighted by atomic mass is 127. The Bertz CT molecular complexity index is 688. The number of para-hydroxylation sites is 1.